The van der Waals surface area contributed by atoms with E-state index in [4.69, 9.17) is 0 Å². The van der Waals surface area contributed by atoms with Gasteiger partial charge in [0.15, 0.2) is 0 Å². The first-order chi connectivity index (χ1) is 14.9. The Bertz CT molecular complexity index is 1240. The summed E-state index contributed by atoms with van der Waals surface area (Å²) in [6.07, 6.45) is 0. The van der Waals surface area contributed by atoms with Crippen molar-refractivity contribution in [2.75, 3.05) is 0 Å². The van der Waals surface area contributed by atoms with Crippen LogP contribution in [0.25, 0.3) is 0 Å². The van der Waals surface area contributed by atoms with Crippen molar-refractivity contribution < 1.29 is 0 Å². The van der Waals surface area contributed by atoms with E-state index in [1.165, 1.54) is 0 Å². The maximum atomic E-state index is 3.28. The van der Waals surface area contributed by atoms with Crippen molar-refractivity contribution in [3.05, 3.63) is 143 Å². The highest BCUT2D eigenvalue weighted by atomic mass is 14.0. The van der Waals surface area contributed by atoms with E-state index in [-0.39, 0.29) is 0 Å². The molecule has 4 rings (SSSR count). The zero-order valence-electron chi connectivity index (χ0n) is 16.3. The van der Waals surface area contributed by atoms with Crippen LogP contribution in [0.4, 0.5) is 0 Å². The van der Waals surface area contributed by atoms with E-state index in [9.17, 15) is 0 Å². The van der Waals surface area contributed by atoms with E-state index in [0.29, 0.717) is 0 Å². The molecule has 0 heteroatoms. The molecule has 137 valence electrons. The highest BCUT2D eigenvalue weighted by molar-refractivity contribution is 5.62. The van der Waals surface area contributed by atoms with E-state index < -0.39 is 0 Å². The average molecular weight is 377 g/mol. The number of benzene rings is 4. The summed E-state index contributed by atoms with van der Waals surface area (Å²) in [7, 11) is 0. The van der Waals surface area contributed by atoms with E-state index in [1.807, 2.05) is 103 Å². The van der Waals surface area contributed by atoms with Crippen LogP contribution in [-0.2, 0) is 0 Å². The summed E-state index contributed by atoms with van der Waals surface area (Å²) in [6, 6.07) is 36.8. The van der Waals surface area contributed by atoms with Crippen LogP contribution in [-0.4, -0.2) is 0 Å². The summed E-state index contributed by atoms with van der Waals surface area (Å²) in [5.74, 6) is 19.4. The zero-order valence-corrected chi connectivity index (χ0v) is 16.3. The molecule has 0 saturated carbocycles. The molecule has 0 nitrogen and oxygen atoms in total. The molecule has 0 heterocycles. The molecule has 0 amide bonds. The molecular formula is C30H17. The van der Waals surface area contributed by atoms with Gasteiger partial charge in [-0.05, 0) is 48.5 Å². The van der Waals surface area contributed by atoms with Crippen LogP contribution in [0.15, 0.2) is 103 Å². The van der Waals surface area contributed by atoms with Crippen LogP contribution in [0.1, 0.15) is 33.4 Å². The van der Waals surface area contributed by atoms with Crippen molar-refractivity contribution in [3.8, 4) is 35.5 Å². The van der Waals surface area contributed by atoms with Crippen molar-refractivity contribution in [1.82, 2.24) is 0 Å². The number of rotatable bonds is 0. The fraction of sp³-hybridized carbons (Fsp3) is 0. The fourth-order valence-electron chi connectivity index (χ4n) is 2.80. The van der Waals surface area contributed by atoms with Gasteiger partial charge in [-0.3, -0.25) is 0 Å². The molecule has 0 atom stereocenters. The molecule has 30 heavy (non-hydrogen) atoms. The first-order valence-electron chi connectivity index (χ1n) is 9.64. The van der Waals surface area contributed by atoms with Crippen LogP contribution in [0.5, 0.6) is 0 Å². The summed E-state index contributed by atoms with van der Waals surface area (Å²) in [5, 5.41) is 0. The van der Waals surface area contributed by atoms with E-state index in [2.05, 4.69) is 41.6 Å². The second-order valence-corrected chi connectivity index (χ2v) is 6.49. The third-order valence-corrected chi connectivity index (χ3v) is 4.32. The minimum Gasteiger partial charge on any atom is -0.0622 e. The standard InChI is InChI=1S/C30H17/c1-4-11-25(12-5-1)19-22-28-17-10-18-29(23-20-26-13-6-2-7-14-26)30(28)24-21-27-15-8-3-9-16-27/h1-17H. The topological polar surface area (TPSA) is 0 Å². The first-order valence-corrected chi connectivity index (χ1v) is 9.64. The summed E-state index contributed by atoms with van der Waals surface area (Å²) < 4.78 is 0. The van der Waals surface area contributed by atoms with Crippen molar-refractivity contribution in [1.29, 1.82) is 0 Å². The molecule has 0 aromatic heterocycles. The molecule has 0 aliphatic heterocycles. The Kier molecular flexibility index (Phi) is 6.09. The lowest BCUT2D eigenvalue weighted by Gasteiger charge is -2.00. The molecule has 0 unspecified atom stereocenters. The van der Waals surface area contributed by atoms with Gasteiger partial charge in [0.2, 0.25) is 0 Å². The molecule has 0 spiro atoms. The first kappa shape index (κ1) is 18.9. The Labute approximate surface area is 178 Å². The largest absolute Gasteiger partial charge is 0.0622 e. The third kappa shape index (κ3) is 5.09. The van der Waals surface area contributed by atoms with Crippen molar-refractivity contribution in [2.45, 2.75) is 0 Å². The van der Waals surface area contributed by atoms with Gasteiger partial charge in [-0.1, -0.05) is 96.2 Å². The number of hydrogen-bond acceptors (Lipinski definition) is 0. The normalized spacial score (nSPS) is 9.20. The summed E-state index contributed by atoms with van der Waals surface area (Å²) in [5.41, 5.74) is 5.26. The molecule has 4 aromatic carbocycles. The Morgan fingerprint density at radius 2 is 0.900 bits per heavy atom. The molecule has 0 saturated heterocycles. The zero-order chi connectivity index (χ0) is 20.4. The summed E-state index contributed by atoms with van der Waals surface area (Å²) in [4.78, 5) is 0. The fourth-order valence-corrected chi connectivity index (χ4v) is 2.80. The van der Waals surface area contributed by atoms with Gasteiger partial charge < -0.3 is 0 Å². The lowest BCUT2D eigenvalue weighted by atomic mass is 10.0. The van der Waals surface area contributed by atoms with Crippen molar-refractivity contribution in [2.24, 2.45) is 0 Å². The maximum absolute atomic E-state index is 3.28. The van der Waals surface area contributed by atoms with Gasteiger partial charge in [0, 0.05) is 27.8 Å². The van der Waals surface area contributed by atoms with Crippen molar-refractivity contribution in [3.63, 3.8) is 0 Å². The average Bonchev–Trinajstić information content (AvgIpc) is 2.82. The van der Waals surface area contributed by atoms with Crippen LogP contribution in [0.2, 0.25) is 0 Å². The highest BCUT2D eigenvalue weighted by Crippen LogP contribution is 2.13. The van der Waals surface area contributed by atoms with Crippen molar-refractivity contribution >= 4 is 0 Å². The molecular weight excluding hydrogens is 360 g/mol. The third-order valence-electron chi connectivity index (χ3n) is 4.32. The van der Waals surface area contributed by atoms with Crippen LogP contribution < -0.4 is 0 Å². The van der Waals surface area contributed by atoms with Gasteiger partial charge in [0.05, 0.1) is 5.56 Å². The Morgan fingerprint density at radius 1 is 0.433 bits per heavy atom. The minimum atomic E-state index is 0.752. The SMILES string of the molecule is C(#Cc1[c]ccc(C#Cc2ccccc2)c1C#Cc1ccccc1)c1ccccc1. The van der Waals surface area contributed by atoms with Gasteiger partial charge in [-0.2, -0.15) is 0 Å². The summed E-state index contributed by atoms with van der Waals surface area (Å²) in [6.45, 7) is 0. The second-order valence-electron chi connectivity index (χ2n) is 6.49. The molecule has 1 radical (unpaired) electrons. The minimum absolute atomic E-state index is 0.752. The quantitative estimate of drug-likeness (QED) is 0.346. The molecule has 0 aliphatic rings. The Morgan fingerprint density at radius 3 is 1.43 bits per heavy atom. The van der Waals surface area contributed by atoms with Gasteiger partial charge in [0.1, 0.15) is 0 Å². The molecule has 0 bridgehead atoms. The predicted molar refractivity (Wildman–Crippen MR) is 123 cm³/mol. The van der Waals surface area contributed by atoms with Gasteiger partial charge in [-0.25, -0.2) is 0 Å². The highest BCUT2D eigenvalue weighted by Gasteiger charge is 2.03. The maximum Gasteiger partial charge on any atom is 0.0568 e. The van der Waals surface area contributed by atoms with E-state index >= 15 is 0 Å². The van der Waals surface area contributed by atoms with Crippen LogP contribution >= 0.6 is 0 Å². The van der Waals surface area contributed by atoms with Crippen LogP contribution in [0, 0.1) is 41.6 Å². The molecule has 0 N–H and O–H groups in total. The van der Waals surface area contributed by atoms with E-state index in [0.717, 1.165) is 33.4 Å². The lowest BCUT2D eigenvalue weighted by Crippen LogP contribution is -1.91. The van der Waals surface area contributed by atoms with Gasteiger partial charge in [0.25, 0.3) is 0 Å². The van der Waals surface area contributed by atoms with Crippen LogP contribution in [0.3, 0.4) is 0 Å². The van der Waals surface area contributed by atoms with E-state index in [1.54, 1.807) is 0 Å². The lowest BCUT2D eigenvalue weighted by molar-refractivity contribution is 1.52. The Hall–Kier alpha value is -4.44. The van der Waals surface area contributed by atoms with Gasteiger partial charge >= 0.3 is 0 Å². The van der Waals surface area contributed by atoms with Gasteiger partial charge in [-0.15, -0.1) is 0 Å². The summed E-state index contributed by atoms with van der Waals surface area (Å²) >= 11 is 0. The smallest absolute Gasteiger partial charge is 0.0568 e. The monoisotopic (exact) mass is 377 g/mol. The molecule has 0 fully saturated rings. The molecule has 4 aromatic rings. The molecule has 0 aliphatic carbocycles. The Balaban J connectivity index is 1.79. The second kappa shape index (κ2) is 9.66. The number of hydrogen-bond donors (Lipinski definition) is 0. The predicted octanol–water partition coefficient (Wildman–Crippen LogP) is 5.69.